The highest BCUT2D eigenvalue weighted by molar-refractivity contribution is 5.96. The van der Waals surface area contributed by atoms with E-state index in [1.54, 1.807) is 41.3 Å². The lowest BCUT2D eigenvalue weighted by Gasteiger charge is -2.32. The SMILES string of the molecule is [C-]#[N+]c1ccc(OC2CCN(C(=O)c3ccc(C(=O)NC4CCC(Oc5ccc(C(F)(F)F)cc5)CC4)nc3)CC2)cc1. The molecule has 1 aromatic heterocycles. The van der Waals surface area contributed by atoms with Crippen molar-refractivity contribution in [3.05, 3.63) is 95.1 Å². The van der Waals surface area contributed by atoms with E-state index in [0.29, 0.717) is 74.4 Å². The van der Waals surface area contributed by atoms with Crippen LogP contribution in [0.2, 0.25) is 0 Å². The Bertz CT molecular complexity index is 1440. The van der Waals surface area contributed by atoms with Crippen molar-refractivity contribution >= 4 is 17.5 Å². The Morgan fingerprint density at radius 2 is 1.42 bits per heavy atom. The number of nitrogens with one attached hydrogen (secondary N) is 1. The van der Waals surface area contributed by atoms with Gasteiger partial charge < -0.3 is 19.7 Å². The summed E-state index contributed by atoms with van der Waals surface area (Å²) >= 11 is 0. The van der Waals surface area contributed by atoms with Gasteiger partial charge in [-0.3, -0.25) is 14.6 Å². The number of carbonyl (C=O) groups excluding carboxylic acids is 2. The number of piperidine rings is 1. The summed E-state index contributed by atoms with van der Waals surface area (Å²) in [5.74, 6) is 0.620. The Balaban J connectivity index is 1.04. The van der Waals surface area contributed by atoms with Gasteiger partial charge in [-0.2, -0.15) is 13.2 Å². The molecule has 2 aliphatic rings. The Morgan fingerprint density at radius 1 is 0.837 bits per heavy atom. The first kappa shape index (κ1) is 29.9. The monoisotopic (exact) mass is 592 g/mol. The molecule has 2 aromatic carbocycles. The molecule has 0 spiro atoms. The van der Waals surface area contributed by atoms with Crippen molar-refractivity contribution in [1.29, 1.82) is 0 Å². The molecule has 1 aliphatic carbocycles. The average Bonchev–Trinajstić information content (AvgIpc) is 3.02. The molecule has 2 heterocycles. The fourth-order valence-electron chi connectivity index (χ4n) is 5.30. The van der Waals surface area contributed by atoms with E-state index >= 15 is 0 Å². The van der Waals surface area contributed by atoms with Crippen LogP contribution in [-0.2, 0) is 6.18 Å². The van der Waals surface area contributed by atoms with Crippen molar-refractivity contribution in [3.63, 3.8) is 0 Å². The molecule has 5 rings (SSSR count). The summed E-state index contributed by atoms with van der Waals surface area (Å²) in [5.41, 5.74) is 0.465. The summed E-state index contributed by atoms with van der Waals surface area (Å²) in [6.07, 6.45) is 0.895. The summed E-state index contributed by atoms with van der Waals surface area (Å²) in [5, 5.41) is 2.98. The summed E-state index contributed by atoms with van der Waals surface area (Å²) in [7, 11) is 0. The van der Waals surface area contributed by atoms with Gasteiger partial charge in [0.1, 0.15) is 23.3 Å². The minimum atomic E-state index is -4.39. The second kappa shape index (κ2) is 13.2. The lowest BCUT2D eigenvalue weighted by Crippen LogP contribution is -2.42. The van der Waals surface area contributed by atoms with Gasteiger partial charge in [-0.15, -0.1) is 0 Å². The van der Waals surface area contributed by atoms with Crippen LogP contribution >= 0.6 is 0 Å². The number of benzene rings is 2. The van der Waals surface area contributed by atoms with E-state index in [-0.39, 0.29) is 35.8 Å². The van der Waals surface area contributed by atoms with Crippen LogP contribution in [-0.4, -0.2) is 53.0 Å². The maximum Gasteiger partial charge on any atom is 0.416 e. The van der Waals surface area contributed by atoms with E-state index in [0.717, 1.165) is 12.1 Å². The van der Waals surface area contributed by atoms with Gasteiger partial charge in [-0.1, -0.05) is 12.1 Å². The van der Waals surface area contributed by atoms with Crippen molar-refractivity contribution in [3.8, 4) is 11.5 Å². The van der Waals surface area contributed by atoms with Gasteiger partial charge in [0.2, 0.25) is 0 Å². The molecule has 0 radical (unpaired) electrons. The number of alkyl halides is 3. The molecule has 1 aliphatic heterocycles. The largest absolute Gasteiger partial charge is 0.490 e. The van der Waals surface area contributed by atoms with E-state index in [2.05, 4.69) is 15.1 Å². The highest BCUT2D eigenvalue weighted by atomic mass is 19.4. The number of carbonyl (C=O) groups is 2. The first-order valence-electron chi connectivity index (χ1n) is 14.2. The summed E-state index contributed by atoms with van der Waals surface area (Å²) in [6.45, 7) is 8.11. The molecule has 3 aromatic rings. The number of ether oxygens (including phenoxy) is 2. The van der Waals surface area contributed by atoms with Crippen molar-refractivity contribution in [1.82, 2.24) is 15.2 Å². The maximum atomic E-state index is 13.0. The zero-order valence-corrected chi connectivity index (χ0v) is 23.3. The van der Waals surface area contributed by atoms with Crippen molar-refractivity contribution < 1.29 is 32.2 Å². The highest BCUT2D eigenvalue weighted by Gasteiger charge is 2.31. The first-order valence-corrected chi connectivity index (χ1v) is 14.2. The molecule has 224 valence electrons. The van der Waals surface area contributed by atoms with Crippen molar-refractivity contribution in [2.45, 2.75) is 63.0 Å². The molecule has 1 N–H and O–H groups in total. The second-order valence-electron chi connectivity index (χ2n) is 10.7. The molecular weight excluding hydrogens is 561 g/mol. The van der Waals surface area contributed by atoms with Crippen LogP contribution in [0.25, 0.3) is 4.85 Å². The topological polar surface area (TPSA) is 85.1 Å². The second-order valence-corrected chi connectivity index (χ2v) is 10.7. The summed E-state index contributed by atoms with van der Waals surface area (Å²) < 4.78 is 50.1. The first-order chi connectivity index (χ1) is 20.7. The van der Waals surface area contributed by atoms with E-state index in [1.807, 2.05) is 0 Å². The molecule has 11 heteroatoms. The number of halogens is 3. The van der Waals surface area contributed by atoms with Gasteiger partial charge in [-0.25, -0.2) is 4.85 Å². The fraction of sp³-hybridized carbons (Fsp3) is 0.375. The third kappa shape index (κ3) is 7.83. The maximum absolute atomic E-state index is 13.0. The van der Waals surface area contributed by atoms with E-state index in [9.17, 15) is 22.8 Å². The smallest absolute Gasteiger partial charge is 0.416 e. The van der Waals surface area contributed by atoms with Crippen LogP contribution in [0.3, 0.4) is 0 Å². The van der Waals surface area contributed by atoms with Crippen LogP contribution in [0.15, 0.2) is 66.9 Å². The number of amides is 2. The standard InChI is InChI=1S/C32H31F3N4O4/c1-36-23-5-11-26(12-6-23)43-28-16-18-39(19-17-28)31(41)21-2-15-29(37-20-21)30(40)38-24-7-13-27(14-8-24)42-25-9-3-22(4-10-25)32(33,34)35/h2-6,9-12,15,20,24,27-28H,7-8,13-14,16-19H2,(H,38,40). The quantitative estimate of drug-likeness (QED) is 0.319. The summed E-state index contributed by atoms with van der Waals surface area (Å²) in [6, 6.07) is 14.7. The number of rotatable bonds is 7. The number of likely N-dealkylation sites (tertiary alicyclic amines) is 1. The Labute approximate surface area is 247 Å². The molecular formula is C32H31F3N4O4. The predicted molar refractivity (Wildman–Crippen MR) is 152 cm³/mol. The Kier molecular flexibility index (Phi) is 9.14. The number of hydrogen-bond acceptors (Lipinski definition) is 5. The molecule has 8 nitrogen and oxygen atoms in total. The van der Waals surface area contributed by atoms with Crippen LogP contribution in [0.4, 0.5) is 18.9 Å². The molecule has 0 bridgehead atoms. The number of pyridine rings is 1. The molecule has 1 saturated carbocycles. The van der Waals surface area contributed by atoms with Gasteiger partial charge in [0.25, 0.3) is 11.8 Å². The molecule has 43 heavy (non-hydrogen) atoms. The normalized spacial score (nSPS) is 19.3. The van der Waals surface area contributed by atoms with Crippen LogP contribution < -0.4 is 14.8 Å². The molecule has 1 saturated heterocycles. The van der Waals surface area contributed by atoms with E-state index in [1.165, 1.54) is 18.3 Å². The molecule has 2 amide bonds. The van der Waals surface area contributed by atoms with E-state index < -0.39 is 11.7 Å². The Morgan fingerprint density at radius 3 is 1.95 bits per heavy atom. The van der Waals surface area contributed by atoms with Crippen LogP contribution in [0.5, 0.6) is 11.5 Å². The lowest BCUT2D eigenvalue weighted by atomic mass is 9.92. The number of aromatic nitrogens is 1. The van der Waals surface area contributed by atoms with Crippen LogP contribution in [0.1, 0.15) is 64.9 Å². The number of hydrogen-bond donors (Lipinski definition) is 1. The van der Waals surface area contributed by atoms with Gasteiger partial charge in [0, 0.05) is 38.2 Å². The Hall–Kier alpha value is -4.59. The van der Waals surface area contributed by atoms with Gasteiger partial charge in [0.15, 0.2) is 5.69 Å². The lowest BCUT2D eigenvalue weighted by molar-refractivity contribution is -0.137. The third-order valence-corrected chi connectivity index (χ3v) is 7.73. The minimum absolute atomic E-state index is 0.0153. The number of nitrogens with zero attached hydrogens (tertiary/aromatic N) is 3. The average molecular weight is 593 g/mol. The van der Waals surface area contributed by atoms with Crippen LogP contribution in [0, 0.1) is 6.57 Å². The summed E-state index contributed by atoms with van der Waals surface area (Å²) in [4.78, 5) is 35.2. The van der Waals surface area contributed by atoms with Gasteiger partial charge in [-0.05, 0) is 74.2 Å². The fourth-order valence-corrected chi connectivity index (χ4v) is 5.30. The van der Waals surface area contributed by atoms with Gasteiger partial charge in [0.05, 0.1) is 23.8 Å². The molecule has 2 fully saturated rings. The van der Waals surface area contributed by atoms with Crippen molar-refractivity contribution in [2.75, 3.05) is 13.1 Å². The van der Waals surface area contributed by atoms with Crippen molar-refractivity contribution in [2.24, 2.45) is 0 Å². The van der Waals surface area contributed by atoms with Gasteiger partial charge >= 0.3 is 6.18 Å². The van der Waals surface area contributed by atoms with E-state index in [4.69, 9.17) is 16.0 Å². The highest BCUT2D eigenvalue weighted by Crippen LogP contribution is 2.31. The predicted octanol–water partition coefficient (Wildman–Crippen LogP) is 6.45. The molecule has 0 atom stereocenters. The third-order valence-electron chi connectivity index (χ3n) is 7.73. The molecule has 0 unspecified atom stereocenters. The zero-order valence-electron chi connectivity index (χ0n) is 23.3. The zero-order chi connectivity index (χ0) is 30.4. The minimum Gasteiger partial charge on any atom is -0.490 e.